The van der Waals surface area contributed by atoms with Crippen LogP contribution in [0.4, 0.5) is 0 Å². The van der Waals surface area contributed by atoms with Crippen molar-refractivity contribution >= 4 is 17.9 Å². The van der Waals surface area contributed by atoms with Crippen LogP contribution in [0.25, 0.3) is 0 Å². The van der Waals surface area contributed by atoms with Crippen LogP contribution in [-0.4, -0.2) is 35.2 Å². The average molecular weight is 340 g/mol. The zero-order chi connectivity index (χ0) is 18.5. The fourth-order valence-corrected chi connectivity index (χ4v) is 3.07. The maximum atomic E-state index is 12.8. The fraction of sp³-hybridized carbons (Fsp3) is 0.722. The maximum absolute atomic E-state index is 12.8. The Balaban J connectivity index is 3.01. The van der Waals surface area contributed by atoms with Gasteiger partial charge in [0.05, 0.1) is 17.9 Å². The third-order valence-electron chi connectivity index (χ3n) is 4.27. The lowest BCUT2D eigenvalue weighted by molar-refractivity contribution is -0.182. The highest BCUT2D eigenvalue weighted by molar-refractivity contribution is 5.87. The molecule has 0 radical (unpaired) electrons. The molecule has 1 N–H and O–H groups in total. The molecule has 24 heavy (non-hydrogen) atoms. The topological polar surface area (TPSA) is 89.9 Å². The Labute approximate surface area is 143 Å². The van der Waals surface area contributed by atoms with E-state index in [1.54, 1.807) is 20.8 Å². The van der Waals surface area contributed by atoms with Crippen LogP contribution in [0.15, 0.2) is 12.2 Å². The molecule has 6 nitrogen and oxygen atoms in total. The monoisotopic (exact) mass is 340 g/mol. The van der Waals surface area contributed by atoms with E-state index in [0.29, 0.717) is 12.8 Å². The summed E-state index contributed by atoms with van der Waals surface area (Å²) >= 11 is 0. The smallest absolute Gasteiger partial charge is 0.333 e. The van der Waals surface area contributed by atoms with Gasteiger partial charge in [-0.2, -0.15) is 0 Å². The summed E-state index contributed by atoms with van der Waals surface area (Å²) in [7, 11) is 0. The number of rotatable bonds is 6. The van der Waals surface area contributed by atoms with E-state index in [1.165, 1.54) is 6.92 Å². The zero-order valence-electron chi connectivity index (χ0n) is 15.0. The van der Waals surface area contributed by atoms with Crippen LogP contribution in [-0.2, 0) is 23.9 Å². The normalized spacial score (nSPS) is 24.1. The third-order valence-corrected chi connectivity index (χ3v) is 4.27. The van der Waals surface area contributed by atoms with E-state index in [4.69, 9.17) is 9.47 Å². The molecule has 0 aliphatic heterocycles. The van der Waals surface area contributed by atoms with Gasteiger partial charge < -0.3 is 14.6 Å². The lowest BCUT2D eigenvalue weighted by Gasteiger charge is -2.41. The van der Waals surface area contributed by atoms with Crippen molar-refractivity contribution in [2.75, 3.05) is 6.61 Å². The highest BCUT2D eigenvalue weighted by Crippen LogP contribution is 2.46. The maximum Gasteiger partial charge on any atom is 0.333 e. The van der Waals surface area contributed by atoms with E-state index in [0.717, 1.165) is 12.8 Å². The standard InChI is InChI=1S/C18H28O6/c1-12(2)15(21)23-11-10-18(16(22)24-17(3,4)5)9-7-6-8-13(18)14(19)20/h13H,1,6-11H2,2-5H3,(H,19,20). The largest absolute Gasteiger partial charge is 0.481 e. The first kappa shape index (κ1) is 20.2. The van der Waals surface area contributed by atoms with Gasteiger partial charge in [-0.3, -0.25) is 9.59 Å². The summed E-state index contributed by atoms with van der Waals surface area (Å²) in [5.41, 5.74) is -1.61. The van der Waals surface area contributed by atoms with Crippen LogP contribution < -0.4 is 0 Å². The summed E-state index contributed by atoms with van der Waals surface area (Å²) in [6.45, 7) is 10.3. The molecule has 0 aromatic carbocycles. The quantitative estimate of drug-likeness (QED) is 0.590. The van der Waals surface area contributed by atoms with Crippen molar-refractivity contribution in [3.8, 4) is 0 Å². The molecule has 0 bridgehead atoms. The number of ether oxygens (including phenoxy) is 2. The molecule has 0 amide bonds. The molecule has 0 aromatic rings. The van der Waals surface area contributed by atoms with Crippen molar-refractivity contribution < 1.29 is 29.0 Å². The first-order chi connectivity index (χ1) is 11.0. The summed E-state index contributed by atoms with van der Waals surface area (Å²) in [6, 6.07) is 0. The minimum atomic E-state index is -1.16. The Morgan fingerprint density at radius 3 is 2.38 bits per heavy atom. The number of aliphatic carboxylic acids is 1. The molecule has 0 heterocycles. The predicted molar refractivity (Wildman–Crippen MR) is 88.3 cm³/mol. The van der Waals surface area contributed by atoms with Crippen molar-refractivity contribution in [2.24, 2.45) is 11.3 Å². The second-order valence-corrected chi connectivity index (χ2v) is 7.46. The van der Waals surface area contributed by atoms with Gasteiger partial charge in [-0.05, 0) is 47.0 Å². The molecule has 1 aliphatic rings. The third kappa shape index (κ3) is 5.08. The molecular formula is C18H28O6. The van der Waals surface area contributed by atoms with E-state index in [-0.39, 0.29) is 18.6 Å². The SMILES string of the molecule is C=C(C)C(=O)OCCC1(C(=O)OC(C)(C)C)CCCCC1C(=O)O. The Bertz CT molecular complexity index is 516. The molecule has 136 valence electrons. The fourth-order valence-electron chi connectivity index (χ4n) is 3.07. The Hall–Kier alpha value is -1.85. The molecule has 0 saturated heterocycles. The number of carboxylic acids is 1. The van der Waals surface area contributed by atoms with Gasteiger partial charge in [0.15, 0.2) is 0 Å². The van der Waals surface area contributed by atoms with Gasteiger partial charge in [0.2, 0.25) is 0 Å². The van der Waals surface area contributed by atoms with Crippen molar-refractivity contribution in [3.63, 3.8) is 0 Å². The summed E-state index contributed by atoms with van der Waals surface area (Å²) in [4.78, 5) is 36.1. The second kappa shape index (κ2) is 7.81. The van der Waals surface area contributed by atoms with E-state index in [1.807, 2.05) is 0 Å². The molecule has 0 spiro atoms. The number of hydrogen-bond donors (Lipinski definition) is 1. The second-order valence-electron chi connectivity index (χ2n) is 7.46. The Morgan fingerprint density at radius 2 is 1.88 bits per heavy atom. The van der Waals surface area contributed by atoms with E-state index in [2.05, 4.69) is 6.58 Å². The van der Waals surface area contributed by atoms with E-state index >= 15 is 0 Å². The molecule has 1 fully saturated rings. The van der Waals surface area contributed by atoms with Gasteiger partial charge in [-0.1, -0.05) is 19.4 Å². The van der Waals surface area contributed by atoms with Crippen LogP contribution >= 0.6 is 0 Å². The van der Waals surface area contributed by atoms with Gasteiger partial charge in [-0.25, -0.2) is 4.79 Å². The zero-order valence-corrected chi connectivity index (χ0v) is 15.0. The van der Waals surface area contributed by atoms with Crippen LogP contribution in [0.5, 0.6) is 0 Å². The van der Waals surface area contributed by atoms with Crippen molar-refractivity contribution in [1.29, 1.82) is 0 Å². The van der Waals surface area contributed by atoms with E-state index in [9.17, 15) is 19.5 Å². The minimum Gasteiger partial charge on any atom is -0.481 e. The summed E-state index contributed by atoms with van der Waals surface area (Å²) in [5.74, 6) is -2.90. The van der Waals surface area contributed by atoms with Crippen LogP contribution in [0.3, 0.4) is 0 Å². The van der Waals surface area contributed by atoms with Gasteiger partial charge >= 0.3 is 17.9 Å². The van der Waals surface area contributed by atoms with Crippen LogP contribution in [0.1, 0.15) is 59.8 Å². The first-order valence-electron chi connectivity index (χ1n) is 8.28. The first-order valence-corrected chi connectivity index (χ1v) is 8.28. The summed E-state index contributed by atoms with van der Waals surface area (Å²) in [5, 5.41) is 9.59. The van der Waals surface area contributed by atoms with Crippen LogP contribution in [0.2, 0.25) is 0 Å². The van der Waals surface area contributed by atoms with Crippen molar-refractivity contribution in [3.05, 3.63) is 12.2 Å². The number of carboxylic acid groups (broad SMARTS) is 1. The highest BCUT2D eigenvalue weighted by Gasteiger charge is 2.52. The van der Waals surface area contributed by atoms with Gasteiger partial charge in [0.1, 0.15) is 5.60 Å². The number of carbonyl (C=O) groups is 3. The Morgan fingerprint density at radius 1 is 1.25 bits per heavy atom. The highest BCUT2D eigenvalue weighted by atomic mass is 16.6. The van der Waals surface area contributed by atoms with Gasteiger partial charge in [0.25, 0.3) is 0 Å². The van der Waals surface area contributed by atoms with Crippen molar-refractivity contribution in [2.45, 2.75) is 65.4 Å². The molecule has 0 aromatic heterocycles. The molecule has 6 heteroatoms. The Kier molecular flexibility index (Phi) is 6.58. The van der Waals surface area contributed by atoms with Crippen LogP contribution in [0, 0.1) is 11.3 Å². The predicted octanol–water partition coefficient (Wildman–Crippen LogP) is 3.10. The van der Waals surface area contributed by atoms with Crippen molar-refractivity contribution in [1.82, 2.24) is 0 Å². The van der Waals surface area contributed by atoms with E-state index < -0.39 is 34.8 Å². The molecule has 2 atom stereocenters. The average Bonchev–Trinajstić information content (AvgIpc) is 2.45. The number of esters is 2. The molecule has 1 saturated carbocycles. The van der Waals surface area contributed by atoms with Gasteiger partial charge in [0, 0.05) is 5.57 Å². The lowest BCUT2D eigenvalue weighted by atomic mass is 9.64. The van der Waals surface area contributed by atoms with Gasteiger partial charge in [-0.15, -0.1) is 0 Å². The number of hydrogen-bond acceptors (Lipinski definition) is 5. The minimum absolute atomic E-state index is 0.0330. The molecule has 2 unspecified atom stereocenters. The summed E-state index contributed by atoms with van der Waals surface area (Å²) < 4.78 is 10.6. The molecule has 1 rings (SSSR count). The molecule has 1 aliphatic carbocycles. The lowest BCUT2D eigenvalue weighted by Crippen LogP contribution is -2.48. The molecular weight excluding hydrogens is 312 g/mol. The summed E-state index contributed by atoms with van der Waals surface area (Å²) in [6.07, 6.45) is 2.48. The number of carbonyl (C=O) groups excluding carboxylic acids is 2.